The Morgan fingerprint density at radius 2 is 1.85 bits per heavy atom. The maximum Gasteiger partial charge on any atom is 0.325 e. The number of halogens is 1. The van der Waals surface area contributed by atoms with Crippen LogP contribution in [0.1, 0.15) is 47.5 Å². The van der Waals surface area contributed by atoms with Gasteiger partial charge in [0.25, 0.3) is 5.91 Å². The number of hydrogen-bond donors (Lipinski definition) is 3. The zero-order valence-electron chi connectivity index (χ0n) is 15.2. The number of aryl methyl sites for hydroxylation is 1. The van der Waals surface area contributed by atoms with E-state index in [1.807, 2.05) is 0 Å². The van der Waals surface area contributed by atoms with Crippen molar-refractivity contribution in [3.8, 4) is 0 Å². The summed E-state index contributed by atoms with van der Waals surface area (Å²) >= 11 is 1.14. The Labute approximate surface area is 161 Å². The molecule has 1 fully saturated rings. The first-order valence-electron chi connectivity index (χ1n) is 9.10. The number of carbonyl (C=O) groups excluding carboxylic acids is 2. The largest absolute Gasteiger partial charge is 0.351 e. The minimum Gasteiger partial charge on any atom is -0.351 e. The molecule has 144 valence electrons. The van der Waals surface area contributed by atoms with Crippen LogP contribution in [0.5, 0.6) is 0 Å². The van der Waals surface area contributed by atoms with Crippen LogP contribution in [-0.2, 0) is 0 Å². The Bertz CT molecular complexity index is 801. The first-order valence-corrected chi connectivity index (χ1v) is 9.92. The van der Waals surface area contributed by atoms with E-state index in [0.29, 0.717) is 33.9 Å². The van der Waals surface area contributed by atoms with Gasteiger partial charge in [0.2, 0.25) is 0 Å². The molecular weight excluding hydrogens is 367 g/mol. The zero-order chi connectivity index (χ0) is 19.2. The summed E-state index contributed by atoms with van der Waals surface area (Å²) in [6.45, 7) is 2.43. The fraction of sp³-hybridized carbons (Fsp3) is 0.421. The third kappa shape index (κ3) is 5.50. The predicted octanol–water partition coefficient (Wildman–Crippen LogP) is 4.54. The fourth-order valence-corrected chi connectivity index (χ4v) is 4.04. The van der Waals surface area contributed by atoms with E-state index < -0.39 is 6.03 Å². The standard InChI is InChI=1S/C19H23FN4O2S/c1-12-16(17(25)21-11-13-5-3-2-4-6-13)27-19(22-12)24-18(26)23-15-9-7-14(20)8-10-15/h7-10,13H,2-6,11H2,1H3,(H,21,25)(H2,22,23,24,26). The lowest BCUT2D eigenvalue weighted by atomic mass is 9.89. The SMILES string of the molecule is Cc1nc(NC(=O)Nc2ccc(F)cc2)sc1C(=O)NCC1CCCCC1. The maximum absolute atomic E-state index is 12.9. The van der Waals surface area contributed by atoms with Crippen LogP contribution < -0.4 is 16.0 Å². The van der Waals surface area contributed by atoms with E-state index >= 15 is 0 Å². The van der Waals surface area contributed by atoms with Crippen molar-refractivity contribution >= 4 is 34.1 Å². The quantitative estimate of drug-likeness (QED) is 0.701. The normalized spacial score (nSPS) is 14.6. The molecule has 1 aromatic heterocycles. The van der Waals surface area contributed by atoms with Gasteiger partial charge in [0, 0.05) is 12.2 Å². The van der Waals surface area contributed by atoms with Gasteiger partial charge in [-0.25, -0.2) is 14.2 Å². The van der Waals surface area contributed by atoms with Gasteiger partial charge >= 0.3 is 6.03 Å². The van der Waals surface area contributed by atoms with Crippen LogP contribution in [-0.4, -0.2) is 23.5 Å². The molecule has 0 atom stereocenters. The van der Waals surface area contributed by atoms with Gasteiger partial charge in [-0.05, 0) is 49.9 Å². The number of amides is 3. The molecule has 2 aromatic rings. The Balaban J connectivity index is 1.54. The van der Waals surface area contributed by atoms with Gasteiger partial charge in [0.05, 0.1) is 5.69 Å². The monoisotopic (exact) mass is 390 g/mol. The number of nitrogens with zero attached hydrogens (tertiary/aromatic N) is 1. The molecule has 6 nitrogen and oxygen atoms in total. The first kappa shape index (κ1) is 19.3. The molecular formula is C19H23FN4O2S. The van der Waals surface area contributed by atoms with E-state index in [9.17, 15) is 14.0 Å². The highest BCUT2D eigenvalue weighted by molar-refractivity contribution is 7.17. The van der Waals surface area contributed by atoms with Gasteiger partial charge in [0.15, 0.2) is 5.13 Å². The van der Waals surface area contributed by atoms with E-state index in [4.69, 9.17) is 0 Å². The van der Waals surface area contributed by atoms with Gasteiger partial charge in [-0.3, -0.25) is 10.1 Å². The second kappa shape index (κ2) is 8.94. The topological polar surface area (TPSA) is 83.1 Å². The lowest BCUT2D eigenvalue weighted by Crippen LogP contribution is -2.30. The number of urea groups is 1. The number of hydrogen-bond acceptors (Lipinski definition) is 4. The maximum atomic E-state index is 12.9. The number of aromatic nitrogens is 1. The van der Waals surface area contributed by atoms with Gasteiger partial charge in [-0.15, -0.1) is 0 Å². The Kier molecular flexibility index (Phi) is 6.39. The molecule has 0 saturated heterocycles. The van der Waals surface area contributed by atoms with Crippen LogP contribution in [0.25, 0.3) is 0 Å². The number of thiazole rings is 1. The van der Waals surface area contributed by atoms with Crippen molar-refractivity contribution in [2.75, 3.05) is 17.2 Å². The van der Waals surface area contributed by atoms with Crippen LogP contribution in [0.3, 0.4) is 0 Å². The van der Waals surface area contributed by atoms with Crippen molar-refractivity contribution in [3.05, 3.63) is 40.7 Å². The molecule has 0 aliphatic heterocycles. The van der Waals surface area contributed by atoms with Crippen molar-refractivity contribution < 1.29 is 14.0 Å². The second-order valence-corrected chi connectivity index (χ2v) is 7.73. The summed E-state index contributed by atoms with van der Waals surface area (Å²) in [5.41, 5.74) is 1.05. The van der Waals surface area contributed by atoms with Crippen LogP contribution in [0.15, 0.2) is 24.3 Å². The number of rotatable bonds is 5. The molecule has 0 bridgehead atoms. The molecule has 0 unspecified atom stereocenters. The van der Waals surface area contributed by atoms with E-state index in [1.54, 1.807) is 6.92 Å². The Hall–Kier alpha value is -2.48. The summed E-state index contributed by atoms with van der Waals surface area (Å²) in [4.78, 5) is 29.2. The molecule has 8 heteroatoms. The Morgan fingerprint density at radius 1 is 1.15 bits per heavy atom. The minimum atomic E-state index is -0.496. The molecule has 3 N–H and O–H groups in total. The van der Waals surface area contributed by atoms with Crippen molar-refractivity contribution in [2.45, 2.75) is 39.0 Å². The minimum absolute atomic E-state index is 0.150. The Morgan fingerprint density at radius 3 is 2.56 bits per heavy atom. The molecule has 1 heterocycles. The highest BCUT2D eigenvalue weighted by atomic mass is 32.1. The zero-order valence-corrected chi connectivity index (χ0v) is 16.0. The number of carbonyl (C=O) groups is 2. The summed E-state index contributed by atoms with van der Waals surface area (Å²) in [6, 6.07) is 4.96. The van der Waals surface area contributed by atoms with Crippen molar-refractivity contribution in [3.63, 3.8) is 0 Å². The van der Waals surface area contributed by atoms with Crippen molar-refractivity contribution in [1.82, 2.24) is 10.3 Å². The lowest BCUT2D eigenvalue weighted by Gasteiger charge is -2.21. The van der Waals surface area contributed by atoms with Gasteiger partial charge in [0.1, 0.15) is 10.7 Å². The van der Waals surface area contributed by atoms with E-state index in [1.165, 1.54) is 43.5 Å². The van der Waals surface area contributed by atoms with Gasteiger partial charge in [-0.1, -0.05) is 30.6 Å². The first-order chi connectivity index (χ1) is 13.0. The molecule has 1 aromatic carbocycles. The van der Waals surface area contributed by atoms with E-state index in [-0.39, 0.29) is 11.7 Å². The van der Waals surface area contributed by atoms with Crippen LogP contribution in [0.4, 0.5) is 20.0 Å². The van der Waals surface area contributed by atoms with Crippen LogP contribution in [0.2, 0.25) is 0 Å². The third-order valence-corrected chi connectivity index (χ3v) is 5.67. The van der Waals surface area contributed by atoms with Crippen molar-refractivity contribution in [1.29, 1.82) is 0 Å². The van der Waals surface area contributed by atoms with Crippen LogP contribution >= 0.6 is 11.3 Å². The summed E-state index contributed by atoms with van der Waals surface area (Å²) in [5, 5.41) is 8.53. The molecule has 1 saturated carbocycles. The summed E-state index contributed by atoms with van der Waals surface area (Å²) in [5.74, 6) is 0.0259. The van der Waals surface area contributed by atoms with Crippen LogP contribution in [0, 0.1) is 18.7 Å². The van der Waals surface area contributed by atoms with E-state index in [2.05, 4.69) is 20.9 Å². The third-order valence-electron chi connectivity index (χ3n) is 4.60. The second-order valence-electron chi connectivity index (χ2n) is 6.73. The highest BCUT2D eigenvalue weighted by Gasteiger charge is 2.19. The number of nitrogens with one attached hydrogen (secondary N) is 3. The molecule has 0 spiro atoms. The smallest absolute Gasteiger partial charge is 0.325 e. The molecule has 0 radical (unpaired) electrons. The summed E-state index contributed by atoms with van der Waals surface area (Å²) in [6.07, 6.45) is 6.08. The van der Waals surface area contributed by atoms with Gasteiger partial charge < -0.3 is 10.6 Å². The highest BCUT2D eigenvalue weighted by Crippen LogP contribution is 2.25. The molecule has 3 rings (SSSR count). The predicted molar refractivity (Wildman–Crippen MR) is 105 cm³/mol. The summed E-state index contributed by atoms with van der Waals surface area (Å²) in [7, 11) is 0. The number of anilines is 2. The fourth-order valence-electron chi connectivity index (χ4n) is 3.16. The average Bonchev–Trinajstić information content (AvgIpc) is 3.02. The average molecular weight is 390 g/mol. The molecule has 27 heavy (non-hydrogen) atoms. The lowest BCUT2D eigenvalue weighted by molar-refractivity contribution is 0.0947. The molecule has 3 amide bonds. The summed E-state index contributed by atoms with van der Waals surface area (Å²) < 4.78 is 12.9. The van der Waals surface area contributed by atoms with E-state index in [0.717, 1.165) is 24.2 Å². The van der Waals surface area contributed by atoms with Gasteiger partial charge in [-0.2, -0.15) is 0 Å². The molecule has 1 aliphatic carbocycles. The number of benzene rings is 1. The molecule has 1 aliphatic rings. The van der Waals surface area contributed by atoms with Crippen molar-refractivity contribution in [2.24, 2.45) is 5.92 Å².